The molecule has 3 heterocycles. The number of carbonyl (C=O) groups is 1. The fourth-order valence-electron chi connectivity index (χ4n) is 3.61. The summed E-state index contributed by atoms with van der Waals surface area (Å²) in [4.78, 5) is 31.2. The van der Waals surface area contributed by atoms with Gasteiger partial charge in [-0.3, -0.25) is 9.36 Å². The molecule has 4 atom stereocenters. The number of anilines is 1. The van der Waals surface area contributed by atoms with E-state index in [9.17, 15) is 24.2 Å². The lowest BCUT2D eigenvalue weighted by molar-refractivity contribution is -0.116. The molecule has 1 saturated heterocycles. The van der Waals surface area contributed by atoms with Crippen molar-refractivity contribution >= 4 is 22.6 Å². The molecule has 1 amide bonds. The van der Waals surface area contributed by atoms with Crippen LogP contribution >= 0.6 is 0 Å². The van der Waals surface area contributed by atoms with Crippen molar-refractivity contribution in [3.8, 4) is 0 Å². The van der Waals surface area contributed by atoms with Crippen LogP contribution in [0.2, 0.25) is 0 Å². The number of rotatable bonds is 6. The zero-order chi connectivity index (χ0) is 22.1. The van der Waals surface area contributed by atoms with Gasteiger partial charge in [-0.15, -0.1) is 0 Å². The summed E-state index contributed by atoms with van der Waals surface area (Å²) in [7, 11) is 0. The number of hydrogen-bond donors (Lipinski definition) is 5. The number of aliphatic hydroxyl groups is 3. The van der Waals surface area contributed by atoms with Crippen LogP contribution in [0.25, 0.3) is 10.9 Å². The van der Waals surface area contributed by atoms with E-state index in [0.717, 1.165) is 22.7 Å². The van der Waals surface area contributed by atoms with Crippen molar-refractivity contribution in [1.82, 2.24) is 14.5 Å². The molecule has 0 bridgehead atoms. The molecular formula is C20H21FN4O6. The summed E-state index contributed by atoms with van der Waals surface area (Å²) in [5.41, 5.74) is 0.876. The molecule has 5 N–H and O–H groups in total. The van der Waals surface area contributed by atoms with Gasteiger partial charge in [0, 0.05) is 23.5 Å². The predicted molar refractivity (Wildman–Crippen MR) is 107 cm³/mol. The Morgan fingerprint density at radius 1 is 1.29 bits per heavy atom. The number of para-hydroxylation sites is 1. The number of aromatic amines is 1. The van der Waals surface area contributed by atoms with Crippen LogP contribution < -0.4 is 11.0 Å². The van der Waals surface area contributed by atoms with Gasteiger partial charge in [0.1, 0.15) is 18.3 Å². The number of amides is 1. The second kappa shape index (κ2) is 8.55. The highest BCUT2D eigenvalue weighted by molar-refractivity contribution is 5.90. The summed E-state index contributed by atoms with van der Waals surface area (Å²) >= 11 is 0. The standard InChI is InChI=1S/C20H21FN4O6/c21-12-8-25(19-17(29)16(28)14(9-26)31-19)20(30)24-18(12)23-15(27)6-5-10-7-22-13-4-2-1-3-11(10)13/h1-4,7-8,14,16-17,19,22,26,28-29H,5-6,9H2,(H,23,24,27,30)/t14-,16-,17-,19-/m1/s1. The van der Waals surface area contributed by atoms with E-state index in [1.165, 1.54) is 0 Å². The quantitative estimate of drug-likeness (QED) is 0.369. The number of benzene rings is 1. The largest absolute Gasteiger partial charge is 0.394 e. The lowest BCUT2D eigenvalue weighted by Crippen LogP contribution is -2.36. The normalized spacial score (nSPS) is 23.4. The van der Waals surface area contributed by atoms with Gasteiger partial charge in [0.05, 0.1) is 12.8 Å². The van der Waals surface area contributed by atoms with E-state index in [0.29, 0.717) is 11.0 Å². The molecule has 164 valence electrons. The first-order valence-electron chi connectivity index (χ1n) is 9.65. The molecule has 0 aliphatic carbocycles. The van der Waals surface area contributed by atoms with Gasteiger partial charge in [-0.2, -0.15) is 4.98 Å². The number of aliphatic hydroxyl groups excluding tert-OH is 3. The van der Waals surface area contributed by atoms with E-state index in [-0.39, 0.29) is 6.42 Å². The molecule has 0 saturated carbocycles. The number of fused-ring (bicyclic) bond motifs is 1. The van der Waals surface area contributed by atoms with Crippen molar-refractivity contribution in [2.45, 2.75) is 37.4 Å². The Balaban J connectivity index is 1.45. The number of hydrogen-bond acceptors (Lipinski definition) is 7. The first kappa shape index (κ1) is 21.1. The summed E-state index contributed by atoms with van der Waals surface area (Å²) in [5, 5.41) is 32.2. The Hall–Kier alpha value is -3.12. The van der Waals surface area contributed by atoms with Crippen LogP contribution in [0.5, 0.6) is 0 Å². The van der Waals surface area contributed by atoms with E-state index >= 15 is 0 Å². The van der Waals surface area contributed by atoms with Gasteiger partial charge in [-0.1, -0.05) is 18.2 Å². The first-order chi connectivity index (χ1) is 14.9. The average Bonchev–Trinajstić information content (AvgIpc) is 3.30. The molecule has 2 aromatic heterocycles. The minimum Gasteiger partial charge on any atom is -0.394 e. The fourth-order valence-corrected chi connectivity index (χ4v) is 3.61. The van der Waals surface area contributed by atoms with Crippen molar-refractivity contribution in [1.29, 1.82) is 0 Å². The van der Waals surface area contributed by atoms with Crippen LogP contribution in [-0.2, 0) is 16.0 Å². The molecule has 1 aromatic carbocycles. The van der Waals surface area contributed by atoms with Crippen molar-refractivity contribution < 1.29 is 29.2 Å². The average molecular weight is 432 g/mol. The number of carbonyl (C=O) groups excluding carboxylic acids is 1. The lowest BCUT2D eigenvalue weighted by Gasteiger charge is -2.17. The van der Waals surface area contributed by atoms with E-state index in [1.54, 1.807) is 6.20 Å². The Morgan fingerprint density at radius 3 is 2.81 bits per heavy atom. The molecule has 31 heavy (non-hydrogen) atoms. The maximum Gasteiger partial charge on any atom is 0.351 e. The second-order valence-electron chi connectivity index (χ2n) is 7.26. The number of H-pyrrole nitrogens is 1. The minimum atomic E-state index is -1.56. The Kier molecular flexibility index (Phi) is 5.83. The number of ether oxygens (including phenoxy) is 1. The summed E-state index contributed by atoms with van der Waals surface area (Å²) in [6.07, 6.45) is -2.59. The fraction of sp³-hybridized carbons (Fsp3) is 0.350. The molecule has 1 fully saturated rings. The van der Waals surface area contributed by atoms with Crippen LogP contribution in [-0.4, -0.2) is 60.7 Å². The molecule has 1 aliphatic heterocycles. The second-order valence-corrected chi connectivity index (χ2v) is 7.26. The van der Waals surface area contributed by atoms with Crippen molar-refractivity contribution in [3.63, 3.8) is 0 Å². The predicted octanol–water partition coefficient (Wildman–Crippen LogP) is 0.0465. The summed E-state index contributed by atoms with van der Waals surface area (Å²) in [5.74, 6) is -2.09. The zero-order valence-electron chi connectivity index (χ0n) is 16.2. The Bertz CT molecular complexity index is 1160. The van der Waals surface area contributed by atoms with Crippen LogP contribution in [0.15, 0.2) is 41.5 Å². The van der Waals surface area contributed by atoms with Gasteiger partial charge < -0.3 is 30.4 Å². The van der Waals surface area contributed by atoms with Crippen molar-refractivity contribution in [2.75, 3.05) is 11.9 Å². The third-order valence-corrected chi connectivity index (χ3v) is 5.25. The molecule has 0 unspecified atom stereocenters. The van der Waals surface area contributed by atoms with Crippen molar-refractivity contribution in [3.05, 3.63) is 58.5 Å². The summed E-state index contributed by atoms with van der Waals surface area (Å²) < 4.78 is 20.4. The number of aromatic nitrogens is 3. The number of nitrogens with zero attached hydrogens (tertiary/aromatic N) is 2. The monoisotopic (exact) mass is 432 g/mol. The third kappa shape index (κ3) is 4.08. The smallest absolute Gasteiger partial charge is 0.351 e. The molecule has 1 aliphatic rings. The van der Waals surface area contributed by atoms with E-state index in [4.69, 9.17) is 9.84 Å². The molecule has 0 spiro atoms. The number of halogens is 1. The minimum absolute atomic E-state index is 0.0425. The van der Waals surface area contributed by atoms with E-state index < -0.39 is 54.4 Å². The van der Waals surface area contributed by atoms with E-state index in [2.05, 4.69) is 15.3 Å². The van der Waals surface area contributed by atoms with Gasteiger partial charge >= 0.3 is 5.69 Å². The molecular weight excluding hydrogens is 411 g/mol. The van der Waals surface area contributed by atoms with Crippen LogP contribution in [0.4, 0.5) is 10.2 Å². The first-order valence-corrected chi connectivity index (χ1v) is 9.65. The maximum atomic E-state index is 14.5. The Morgan fingerprint density at radius 2 is 2.06 bits per heavy atom. The number of nitrogens with one attached hydrogen (secondary N) is 2. The summed E-state index contributed by atoms with van der Waals surface area (Å²) in [6, 6.07) is 7.63. The zero-order valence-corrected chi connectivity index (χ0v) is 16.2. The topological polar surface area (TPSA) is 150 Å². The van der Waals surface area contributed by atoms with Crippen LogP contribution in [0.1, 0.15) is 18.2 Å². The van der Waals surface area contributed by atoms with E-state index in [1.807, 2.05) is 24.3 Å². The van der Waals surface area contributed by atoms with Gasteiger partial charge in [-0.05, 0) is 18.1 Å². The van der Waals surface area contributed by atoms with Crippen LogP contribution in [0.3, 0.4) is 0 Å². The molecule has 11 heteroatoms. The highest BCUT2D eigenvalue weighted by Crippen LogP contribution is 2.28. The maximum absolute atomic E-state index is 14.5. The lowest BCUT2D eigenvalue weighted by atomic mass is 10.1. The van der Waals surface area contributed by atoms with Gasteiger partial charge in [0.15, 0.2) is 17.9 Å². The molecule has 0 radical (unpaired) electrons. The number of aryl methyl sites for hydroxylation is 1. The summed E-state index contributed by atoms with van der Waals surface area (Å²) in [6.45, 7) is -0.593. The highest BCUT2D eigenvalue weighted by atomic mass is 19.1. The molecule has 4 rings (SSSR count). The van der Waals surface area contributed by atoms with Gasteiger partial charge in [0.25, 0.3) is 0 Å². The highest BCUT2D eigenvalue weighted by Gasteiger charge is 2.44. The van der Waals surface area contributed by atoms with Crippen LogP contribution in [0, 0.1) is 5.82 Å². The van der Waals surface area contributed by atoms with Gasteiger partial charge in [0.2, 0.25) is 5.91 Å². The third-order valence-electron chi connectivity index (χ3n) is 5.25. The molecule has 3 aromatic rings. The molecule has 10 nitrogen and oxygen atoms in total. The Labute approximate surface area is 174 Å². The SMILES string of the molecule is O=C(CCc1c[nH]c2ccccc12)Nc1nc(=O)n([C@@H]2O[C@H](CO)[C@@H](O)[C@H]2O)cc1F. The van der Waals surface area contributed by atoms with Crippen molar-refractivity contribution in [2.24, 2.45) is 0 Å². The van der Waals surface area contributed by atoms with Gasteiger partial charge in [-0.25, -0.2) is 9.18 Å².